The van der Waals surface area contributed by atoms with E-state index in [2.05, 4.69) is 0 Å². The molecule has 0 aliphatic rings. The number of aliphatic hydroxyl groups is 1. The maximum absolute atomic E-state index is 10.6. The summed E-state index contributed by atoms with van der Waals surface area (Å²) < 4.78 is 0. The van der Waals surface area contributed by atoms with Crippen LogP contribution in [0.5, 0.6) is 0 Å². The fourth-order valence-corrected chi connectivity index (χ4v) is 0.693. The number of hydrogen-bond donors (Lipinski definition) is 3. The van der Waals surface area contributed by atoms with Gasteiger partial charge in [0.05, 0.1) is 12.1 Å². The minimum atomic E-state index is -0.527. The van der Waals surface area contributed by atoms with Gasteiger partial charge in [-0.15, -0.1) is 0 Å². The molecule has 0 aliphatic carbocycles. The van der Waals surface area contributed by atoms with Gasteiger partial charge >= 0.3 is 0 Å². The van der Waals surface area contributed by atoms with Crippen LogP contribution in [0, 0.1) is 0 Å². The Balaban J connectivity index is 3.45. The topological polar surface area (TPSA) is 89.3 Å². The summed E-state index contributed by atoms with van der Waals surface area (Å²) >= 11 is 0. The summed E-state index contributed by atoms with van der Waals surface area (Å²) in [6.07, 6.45) is 0.478. The fraction of sp³-hybridized carbons (Fsp3) is 0.857. The van der Waals surface area contributed by atoms with E-state index in [0.29, 0.717) is 12.8 Å². The van der Waals surface area contributed by atoms with Crippen molar-refractivity contribution in [2.45, 2.75) is 31.9 Å². The zero-order valence-corrected chi connectivity index (χ0v) is 6.79. The molecule has 0 bridgehead atoms. The Morgan fingerprint density at radius 3 is 2.45 bits per heavy atom. The predicted molar refractivity (Wildman–Crippen MR) is 43.0 cm³/mol. The van der Waals surface area contributed by atoms with Gasteiger partial charge in [0.25, 0.3) is 0 Å². The number of carbonyl (C=O) groups is 1. The minimum absolute atomic E-state index is 0.0470. The second-order valence-corrected chi connectivity index (χ2v) is 2.68. The number of carbonyl (C=O) groups excluding carboxylic acids is 1. The average Bonchev–Trinajstić information content (AvgIpc) is 1.99. The van der Waals surface area contributed by atoms with Gasteiger partial charge < -0.3 is 16.6 Å². The van der Waals surface area contributed by atoms with E-state index in [1.165, 1.54) is 6.92 Å². The molecule has 11 heavy (non-hydrogen) atoms. The van der Waals surface area contributed by atoms with Gasteiger partial charge in [0.2, 0.25) is 0 Å². The van der Waals surface area contributed by atoms with Crippen molar-refractivity contribution in [1.29, 1.82) is 0 Å². The van der Waals surface area contributed by atoms with E-state index in [4.69, 9.17) is 16.6 Å². The second-order valence-electron chi connectivity index (χ2n) is 2.68. The van der Waals surface area contributed by atoms with E-state index in [0.717, 1.165) is 0 Å². The van der Waals surface area contributed by atoms with Gasteiger partial charge in [0.15, 0.2) is 0 Å². The highest BCUT2D eigenvalue weighted by molar-refractivity contribution is 5.81. The zero-order chi connectivity index (χ0) is 8.85. The highest BCUT2D eigenvalue weighted by atomic mass is 16.3. The lowest BCUT2D eigenvalue weighted by molar-refractivity contribution is -0.118. The summed E-state index contributed by atoms with van der Waals surface area (Å²) in [4.78, 5) is 10.6. The van der Waals surface area contributed by atoms with Crippen LogP contribution in [0.15, 0.2) is 0 Å². The Bertz CT molecular complexity index is 128. The fourth-order valence-electron chi connectivity index (χ4n) is 0.693. The molecule has 66 valence electrons. The summed E-state index contributed by atoms with van der Waals surface area (Å²) in [5.74, 6) is -0.0470. The maximum atomic E-state index is 10.6. The summed E-state index contributed by atoms with van der Waals surface area (Å²) in [5, 5.41) is 9.00. The lowest BCUT2D eigenvalue weighted by Crippen LogP contribution is -2.30. The van der Waals surface area contributed by atoms with Gasteiger partial charge in [0.1, 0.15) is 5.78 Å². The third-order valence-corrected chi connectivity index (χ3v) is 1.61. The molecule has 4 nitrogen and oxygen atoms in total. The third kappa shape index (κ3) is 4.89. The van der Waals surface area contributed by atoms with Crippen molar-refractivity contribution < 1.29 is 9.90 Å². The molecular formula is C7H16N2O2. The van der Waals surface area contributed by atoms with Crippen LogP contribution < -0.4 is 11.5 Å². The molecule has 0 unspecified atom stereocenters. The third-order valence-electron chi connectivity index (χ3n) is 1.61. The SMILES string of the molecule is CC(=O)[C@@H](N)CC[C@H](O)CN. The molecule has 0 aromatic heterocycles. The number of hydrogen-bond acceptors (Lipinski definition) is 4. The quantitative estimate of drug-likeness (QED) is 0.481. The summed E-state index contributed by atoms with van der Waals surface area (Å²) in [5.41, 5.74) is 10.6. The van der Waals surface area contributed by atoms with E-state index in [-0.39, 0.29) is 12.3 Å². The Hall–Kier alpha value is -0.450. The molecular weight excluding hydrogens is 144 g/mol. The van der Waals surface area contributed by atoms with Gasteiger partial charge in [-0.2, -0.15) is 0 Å². The second kappa shape index (κ2) is 5.23. The maximum Gasteiger partial charge on any atom is 0.146 e. The molecule has 0 aromatic rings. The highest BCUT2D eigenvalue weighted by Crippen LogP contribution is 1.99. The Morgan fingerprint density at radius 2 is 2.09 bits per heavy atom. The molecule has 0 fully saturated rings. The lowest BCUT2D eigenvalue weighted by Gasteiger charge is -2.10. The molecule has 5 N–H and O–H groups in total. The minimum Gasteiger partial charge on any atom is -0.392 e. The van der Waals surface area contributed by atoms with Crippen LogP contribution >= 0.6 is 0 Å². The molecule has 4 heteroatoms. The molecule has 0 aliphatic heterocycles. The summed E-state index contributed by atoms with van der Waals surface area (Å²) in [6.45, 7) is 1.67. The van der Waals surface area contributed by atoms with Crippen molar-refractivity contribution in [2.75, 3.05) is 6.54 Å². The van der Waals surface area contributed by atoms with Gasteiger partial charge in [-0.05, 0) is 19.8 Å². The average molecular weight is 160 g/mol. The Morgan fingerprint density at radius 1 is 1.55 bits per heavy atom. The number of nitrogens with two attached hydrogens (primary N) is 2. The predicted octanol–water partition coefficient (Wildman–Crippen LogP) is -0.997. The van der Waals surface area contributed by atoms with Crippen LogP contribution in [0.2, 0.25) is 0 Å². The Kier molecular flexibility index (Phi) is 5.02. The normalized spacial score (nSPS) is 16.0. The van der Waals surface area contributed by atoms with Crippen molar-refractivity contribution >= 4 is 5.78 Å². The molecule has 2 atom stereocenters. The van der Waals surface area contributed by atoms with E-state index in [9.17, 15) is 4.79 Å². The summed E-state index contributed by atoms with van der Waals surface area (Å²) in [6, 6.07) is -0.448. The molecule has 0 aromatic carbocycles. The van der Waals surface area contributed by atoms with Gasteiger partial charge in [-0.25, -0.2) is 0 Å². The standard InChI is InChI=1S/C7H16N2O2/c1-5(10)7(9)3-2-6(11)4-8/h6-7,11H,2-4,8-9H2,1H3/t6-,7-/m0/s1. The molecule has 0 saturated heterocycles. The van der Waals surface area contributed by atoms with Crippen molar-refractivity contribution in [3.05, 3.63) is 0 Å². The van der Waals surface area contributed by atoms with Crippen LogP contribution in [0.4, 0.5) is 0 Å². The van der Waals surface area contributed by atoms with Gasteiger partial charge in [-0.1, -0.05) is 0 Å². The first-order valence-electron chi connectivity index (χ1n) is 3.72. The molecule has 0 rings (SSSR count). The summed E-state index contributed by atoms with van der Waals surface area (Å²) in [7, 11) is 0. The first kappa shape index (κ1) is 10.6. The molecule has 0 saturated carbocycles. The van der Waals surface area contributed by atoms with Crippen molar-refractivity contribution in [3.63, 3.8) is 0 Å². The van der Waals surface area contributed by atoms with Crippen LogP contribution in [0.1, 0.15) is 19.8 Å². The Labute approximate surface area is 66.6 Å². The van der Waals surface area contributed by atoms with Crippen LogP contribution in [-0.4, -0.2) is 29.6 Å². The van der Waals surface area contributed by atoms with Crippen molar-refractivity contribution in [2.24, 2.45) is 11.5 Å². The van der Waals surface area contributed by atoms with E-state index in [1.54, 1.807) is 0 Å². The smallest absolute Gasteiger partial charge is 0.146 e. The first-order chi connectivity index (χ1) is 5.07. The van der Waals surface area contributed by atoms with E-state index >= 15 is 0 Å². The monoisotopic (exact) mass is 160 g/mol. The largest absolute Gasteiger partial charge is 0.392 e. The van der Waals surface area contributed by atoms with Crippen LogP contribution in [-0.2, 0) is 4.79 Å². The van der Waals surface area contributed by atoms with Crippen LogP contribution in [0.3, 0.4) is 0 Å². The number of aliphatic hydroxyl groups excluding tert-OH is 1. The van der Waals surface area contributed by atoms with Crippen molar-refractivity contribution in [1.82, 2.24) is 0 Å². The number of ketones is 1. The van der Waals surface area contributed by atoms with Gasteiger partial charge in [-0.3, -0.25) is 4.79 Å². The zero-order valence-electron chi connectivity index (χ0n) is 6.79. The number of rotatable bonds is 5. The van der Waals surface area contributed by atoms with Gasteiger partial charge in [0, 0.05) is 6.54 Å². The molecule has 0 amide bonds. The molecule has 0 spiro atoms. The van der Waals surface area contributed by atoms with E-state index in [1.807, 2.05) is 0 Å². The molecule has 0 radical (unpaired) electrons. The van der Waals surface area contributed by atoms with Crippen LogP contribution in [0.25, 0.3) is 0 Å². The lowest BCUT2D eigenvalue weighted by atomic mass is 10.1. The highest BCUT2D eigenvalue weighted by Gasteiger charge is 2.09. The molecule has 0 heterocycles. The number of Topliss-reactive ketones (excluding diaryl/α,β-unsaturated/α-hetero) is 1. The van der Waals surface area contributed by atoms with Crippen molar-refractivity contribution in [3.8, 4) is 0 Å². The first-order valence-corrected chi connectivity index (χ1v) is 3.72. The van der Waals surface area contributed by atoms with E-state index < -0.39 is 12.1 Å².